The Kier molecular flexibility index (Phi) is 4.83. The highest BCUT2D eigenvalue weighted by Gasteiger charge is 2.25. The second-order valence-corrected chi connectivity index (χ2v) is 8.22. The summed E-state index contributed by atoms with van der Waals surface area (Å²) in [4.78, 5) is 25.8. The van der Waals surface area contributed by atoms with E-state index in [4.69, 9.17) is 10.5 Å². The lowest BCUT2D eigenvalue weighted by Crippen LogP contribution is -2.36. The van der Waals surface area contributed by atoms with Crippen LogP contribution < -0.4 is 10.6 Å². The molecule has 5 nitrogen and oxygen atoms in total. The van der Waals surface area contributed by atoms with Gasteiger partial charge in [-0.25, -0.2) is 0 Å². The van der Waals surface area contributed by atoms with Gasteiger partial charge in [0.15, 0.2) is 0 Å². The second-order valence-electron chi connectivity index (χ2n) is 8.22. The predicted octanol–water partition coefficient (Wildman–Crippen LogP) is 3.98. The van der Waals surface area contributed by atoms with E-state index in [1.807, 2.05) is 31.2 Å². The van der Waals surface area contributed by atoms with Crippen LogP contribution in [-0.2, 0) is 11.2 Å². The van der Waals surface area contributed by atoms with E-state index < -0.39 is 5.91 Å². The van der Waals surface area contributed by atoms with Gasteiger partial charge in [0.1, 0.15) is 6.29 Å². The number of nitrogens with two attached hydrogens (primary N) is 1. The molecule has 0 aromatic heterocycles. The summed E-state index contributed by atoms with van der Waals surface area (Å²) in [5.74, 6) is -0.416. The molecule has 1 heterocycles. The number of carbonyl (C=O) groups is 2. The number of fused-ring (bicyclic) bond motifs is 3. The summed E-state index contributed by atoms with van der Waals surface area (Å²) in [7, 11) is 0. The van der Waals surface area contributed by atoms with Gasteiger partial charge in [0.25, 0.3) is 0 Å². The predicted molar refractivity (Wildman–Crippen MR) is 122 cm³/mol. The average molecular weight is 412 g/mol. The van der Waals surface area contributed by atoms with Crippen molar-refractivity contribution >= 4 is 17.9 Å². The van der Waals surface area contributed by atoms with Gasteiger partial charge in [-0.1, -0.05) is 24.3 Å². The van der Waals surface area contributed by atoms with Crippen LogP contribution in [0, 0.1) is 6.92 Å². The summed E-state index contributed by atoms with van der Waals surface area (Å²) in [6, 6.07) is 16.3. The molecule has 5 rings (SSSR count). The van der Waals surface area contributed by atoms with E-state index in [9.17, 15) is 9.59 Å². The average Bonchev–Trinajstić information content (AvgIpc) is 3.16. The fourth-order valence-corrected chi connectivity index (χ4v) is 4.67. The molecule has 1 aliphatic carbocycles. The molecule has 1 aliphatic heterocycles. The second kappa shape index (κ2) is 7.67. The van der Waals surface area contributed by atoms with E-state index in [0.717, 1.165) is 66.0 Å². The van der Waals surface area contributed by atoms with Crippen molar-refractivity contribution < 1.29 is 14.3 Å². The van der Waals surface area contributed by atoms with Gasteiger partial charge < -0.3 is 15.4 Å². The molecule has 0 atom stereocenters. The number of anilines is 1. The Balaban J connectivity index is 1.60. The summed E-state index contributed by atoms with van der Waals surface area (Å²) in [5.41, 5.74) is 15.4. The van der Waals surface area contributed by atoms with Crippen molar-refractivity contribution in [2.75, 3.05) is 31.2 Å². The van der Waals surface area contributed by atoms with Gasteiger partial charge in [-0.05, 0) is 76.6 Å². The zero-order valence-electron chi connectivity index (χ0n) is 17.5. The highest BCUT2D eigenvalue weighted by Crippen LogP contribution is 2.42. The maximum absolute atomic E-state index is 12.3. The van der Waals surface area contributed by atoms with E-state index in [1.165, 1.54) is 11.3 Å². The molecule has 0 radical (unpaired) electrons. The number of hydrogen-bond acceptors (Lipinski definition) is 4. The van der Waals surface area contributed by atoms with E-state index in [-0.39, 0.29) is 0 Å². The minimum atomic E-state index is -0.416. The zero-order chi connectivity index (χ0) is 21.5. The van der Waals surface area contributed by atoms with E-state index in [1.54, 1.807) is 0 Å². The molecular formula is C26H24N2O3. The first kappa shape index (κ1) is 19.5. The molecular weight excluding hydrogens is 388 g/mol. The lowest BCUT2D eigenvalue weighted by molar-refractivity contribution is 0.0999. The standard InChI is InChI=1S/C26H24N2O3/c1-16-10-17(2-3-18(16)15-29)19-12-23-22-5-4-21(28-6-8-31-9-7-28)11-20(22)14-24(23)25(13-19)26(27)30/h2-5,10-13,15H,6-9,14H2,1H3,(H2,27,30). The van der Waals surface area contributed by atoms with Crippen molar-refractivity contribution in [3.63, 3.8) is 0 Å². The van der Waals surface area contributed by atoms with Crippen LogP contribution in [0.3, 0.4) is 0 Å². The number of ether oxygens (including phenoxy) is 1. The van der Waals surface area contributed by atoms with Crippen molar-refractivity contribution in [3.8, 4) is 22.3 Å². The van der Waals surface area contributed by atoms with Crippen LogP contribution in [0.15, 0.2) is 48.5 Å². The van der Waals surface area contributed by atoms with Crippen LogP contribution >= 0.6 is 0 Å². The molecule has 1 fully saturated rings. The molecule has 3 aromatic carbocycles. The first-order chi connectivity index (χ1) is 15.0. The molecule has 0 bridgehead atoms. The maximum Gasteiger partial charge on any atom is 0.249 e. The Morgan fingerprint density at radius 3 is 2.52 bits per heavy atom. The van der Waals surface area contributed by atoms with Crippen molar-refractivity contribution in [2.24, 2.45) is 5.73 Å². The molecule has 2 aliphatic rings. The summed E-state index contributed by atoms with van der Waals surface area (Å²) < 4.78 is 5.47. The number of primary amides is 1. The largest absolute Gasteiger partial charge is 0.378 e. The normalized spacial score (nSPS) is 14.8. The highest BCUT2D eigenvalue weighted by molar-refractivity contribution is 6.00. The van der Waals surface area contributed by atoms with Gasteiger partial charge in [-0.15, -0.1) is 0 Å². The van der Waals surface area contributed by atoms with Gasteiger partial charge in [-0.2, -0.15) is 0 Å². The Morgan fingerprint density at radius 2 is 1.81 bits per heavy atom. The monoisotopic (exact) mass is 412 g/mol. The number of amides is 1. The van der Waals surface area contributed by atoms with Gasteiger partial charge in [0, 0.05) is 29.9 Å². The molecule has 0 unspecified atom stereocenters. The first-order valence-electron chi connectivity index (χ1n) is 10.5. The molecule has 1 saturated heterocycles. The van der Waals surface area contributed by atoms with E-state index in [2.05, 4.69) is 29.2 Å². The molecule has 5 heteroatoms. The highest BCUT2D eigenvalue weighted by atomic mass is 16.5. The summed E-state index contributed by atoms with van der Waals surface area (Å²) in [5, 5.41) is 0. The number of benzene rings is 3. The van der Waals surface area contributed by atoms with Gasteiger partial charge in [0.2, 0.25) is 5.91 Å². The third-order valence-corrected chi connectivity index (χ3v) is 6.37. The fourth-order valence-electron chi connectivity index (χ4n) is 4.67. The minimum absolute atomic E-state index is 0.416. The summed E-state index contributed by atoms with van der Waals surface area (Å²) in [6.07, 6.45) is 1.56. The quantitative estimate of drug-likeness (QED) is 0.515. The van der Waals surface area contributed by atoms with Crippen LogP contribution in [-0.4, -0.2) is 38.5 Å². The minimum Gasteiger partial charge on any atom is -0.378 e. The van der Waals surface area contributed by atoms with Gasteiger partial charge >= 0.3 is 0 Å². The number of carbonyl (C=O) groups excluding carboxylic acids is 2. The number of rotatable bonds is 4. The molecule has 1 amide bonds. The summed E-state index contributed by atoms with van der Waals surface area (Å²) >= 11 is 0. The van der Waals surface area contributed by atoms with Crippen molar-refractivity contribution in [1.82, 2.24) is 0 Å². The van der Waals surface area contributed by atoms with Crippen molar-refractivity contribution in [1.29, 1.82) is 0 Å². The number of nitrogens with zero attached hydrogens (tertiary/aromatic N) is 1. The zero-order valence-corrected chi connectivity index (χ0v) is 17.5. The van der Waals surface area contributed by atoms with Crippen LogP contribution in [0.4, 0.5) is 5.69 Å². The molecule has 31 heavy (non-hydrogen) atoms. The molecule has 3 aromatic rings. The number of aldehydes is 1. The van der Waals surface area contributed by atoms with Crippen LogP contribution in [0.2, 0.25) is 0 Å². The third-order valence-electron chi connectivity index (χ3n) is 6.37. The SMILES string of the molecule is Cc1cc(-c2cc(C(N)=O)c3c(c2)-c2ccc(N4CCOCC4)cc2C3)ccc1C=O. The van der Waals surface area contributed by atoms with Crippen LogP contribution in [0.5, 0.6) is 0 Å². The molecule has 156 valence electrons. The number of morpholine rings is 1. The molecule has 2 N–H and O–H groups in total. The third kappa shape index (κ3) is 3.41. The van der Waals surface area contributed by atoms with Crippen molar-refractivity contribution in [3.05, 3.63) is 76.3 Å². The number of hydrogen-bond donors (Lipinski definition) is 1. The van der Waals surface area contributed by atoms with Gasteiger partial charge in [-0.3, -0.25) is 9.59 Å². The first-order valence-corrected chi connectivity index (χ1v) is 10.5. The van der Waals surface area contributed by atoms with Gasteiger partial charge in [0.05, 0.1) is 13.2 Å². The van der Waals surface area contributed by atoms with E-state index in [0.29, 0.717) is 17.5 Å². The van der Waals surface area contributed by atoms with E-state index >= 15 is 0 Å². The Bertz CT molecular complexity index is 1210. The number of aryl methyl sites for hydroxylation is 1. The van der Waals surface area contributed by atoms with Crippen LogP contribution in [0.1, 0.15) is 37.4 Å². The fraction of sp³-hybridized carbons (Fsp3) is 0.231. The molecule has 0 saturated carbocycles. The Hall–Kier alpha value is -3.44. The Labute approximate surface area is 181 Å². The lowest BCUT2D eigenvalue weighted by atomic mass is 9.92. The molecule has 0 spiro atoms. The summed E-state index contributed by atoms with van der Waals surface area (Å²) in [6.45, 7) is 5.18. The van der Waals surface area contributed by atoms with Crippen molar-refractivity contribution in [2.45, 2.75) is 13.3 Å². The smallest absolute Gasteiger partial charge is 0.249 e. The Morgan fingerprint density at radius 1 is 1.00 bits per heavy atom. The lowest BCUT2D eigenvalue weighted by Gasteiger charge is -2.29. The topological polar surface area (TPSA) is 72.6 Å². The van der Waals surface area contributed by atoms with Crippen LogP contribution in [0.25, 0.3) is 22.3 Å². The maximum atomic E-state index is 12.3.